The highest BCUT2D eigenvalue weighted by atomic mass is 19.4. The Bertz CT molecular complexity index is 244. The third-order valence-corrected chi connectivity index (χ3v) is 2.22. The van der Waals surface area contributed by atoms with Crippen LogP contribution in [0.4, 0.5) is 13.2 Å². The quantitative estimate of drug-likeness (QED) is 0.539. The summed E-state index contributed by atoms with van der Waals surface area (Å²) >= 11 is 0. The molecular formula is C11H20F3NO3. The number of hydrogen-bond acceptors (Lipinski definition) is 4. The molecule has 18 heavy (non-hydrogen) atoms. The van der Waals surface area contributed by atoms with E-state index in [4.69, 9.17) is 0 Å². The molecule has 0 radical (unpaired) electrons. The second kappa shape index (κ2) is 8.31. The van der Waals surface area contributed by atoms with Crippen LogP contribution in [-0.4, -0.2) is 45.1 Å². The van der Waals surface area contributed by atoms with Gasteiger partial charge in [-0.1, -0.05) is 13.8 Å². The minimum absolute atomic E-state index is 0.00149. The standard InChI is InChI=1S/C11H20F3NO3/c1-8(2)9(10(16)17-3)15-5-4-6-18-7-11(12,13)14/h8-9,15H,4-7H2,1-3H3. The summed E-state index contributed by atoms with van der Waals surface area (Å²) in [5.74, 6) is -0.324. The number of rotatable bonds is 8. The minimum Gasteiger partial charge on any atom is -0.468 e. The van der Waals surface area contributed by atoms with Crippen LogP contribution < -0.4 is 5.32 Å². The summed E-state index contributed by atoms with van der Waals surface area (Å²) in [6.07, 6.45) is -3.89. The molecule has 4 nitrogen and oxygen atoms in total. The number of hydrogen-bond donors (Lipinski definition) is 1. The van der Waals surface area contributed by atoms with E-state index in [1.807, 2.05) is 13.8 Å². The van der Waals surface area contributed by atoms with Crippen molar-refractivity contribution in [3.05, 3.63) is 0 Å². The van der Waals surface area contributed by atoms with Gasteiger partial charge in [0.2, 0.25) is 0 Å². The van der Waals surface area contributed by atoms with Crippen LogP contribution in [0, 0.1) is 5.92 Å². The Hall–Kier alpha value is -0.820. The number of carbonyl (C=O) groups excluding carboxylic acids is 1. The van der Waals surface area contributed by atoms with Gasteiger partial charge in [0.1, 0.15) is 12.6 Å². The predicted molar refractivity (Wildman–Crippen MR) is 60.1 cm³/mol. The summed E-state index contributed by atoms with van der Waals surface area (Å²) in [5.41, 5.74) is 0. The molecular weight excluding hydrogens is 251 g/mol. The van der Waals surface area contributed by atoms with Crippen LogP contribution in [0.2, 0.25) is 0 Å². The molecule has 0 saturated carbocycles. The fraction of sp³-hybridized carbons (Fsp3) is 0.909. The van der Waals surface area contributed by atoms with Gasteiger partial charge < -0.3 is 14.8 Å². The lowest BCUT2D eigenvalue weighted by molar-refractivity contribution is -0.173. The second-order valence-electron chi connectivity index (χ2n) is 4.22. The maximum atomic E-state index is 11.7. The molecule has 0 rings (SSSR count). The van der Waals surface area contributed by atoms with Crippen LogP contribution in [0.25, 0.3) is 0 Å². The zero-order valence-corrected chi connectivity index (χ0v) is 10.8. The molecule has 0 aliphatic carbocycles. The summed E-state index contributed by atoms with van der Waals surface area (Å²) in [6, 6.07) is -0.447. The molecule has 0 bridgehead atoms. The van der Waals surface area contributed by atoms with Crippen molar-refractivity contribution < 1.29 is 27.4 Å². The van der Waals surface area contributed by atoms with E-state index in [0.717, 1.165) is 0 Å². The molecule has 0 aliphatic heterocycles. The van der Waals surface area contributed by atoms with Crippen LogP contribution >= 0.6 is 0 Å². The zero-order valence-electron chi connectivity index (χ0n) is 10.8. The van der Waals surface area contributed by atoms with Crippen LogP contribution in [0.1, 0.15) is 20.3 Å². The largest absolute Gasteiger partial charge is 0.468 e. The first-order valence-corrected chi connectivity index (χ1v) is 5.73. The van der Waals surface area contributed by atoms with Crippen LogP contribution in [-0.2, 0) is 14.3 Å². The van der Waals surface area contributed by atoms with Crippen LogP contribution in [0.3, 0.4) is 0 Å². The Morgan fingerprint density at radius 1 is 1.33 bits per heavy atom. The summed E-state index contributed by atoms with van der Waals surface area (Å²) in [5, 5.41) is 2.93. The molecule has 0 aromatic rings. The maximum absolute atomic E-state index is 11.7. The lowest BCUT2D eigenvalue weighted by Crippen LogP contribution is -2.42. The average molecular weight is 271 g/mol. The summed E-state index contributed by atoms with van der Waals surface area (Å²) in [7, 11) is 1.30. The van der Waals surface area contributed by atoms with Gasteiger partial charge in [-0.25, -0.2) is 0 Å². The number of alkyl halides is 3. The van der Waals surface area contributed by atoms with Gasteiger partial charge in [0, 0.05) is 6.61 Å². The van der Waals surface area contributed by atoms with Gasteiger partial charge in [-0.3, -0.25) is 4.79 Å². The highest BCUT2D eigenvalue weighted by molar-refractivity contribution is 5.75. The molecule has 1 N–H and O–H groups in total. The molecule has 0 spiro atoms. The van der Waals surface area contributed by atoms with Gasteiger partial charge in [0.05, 0.1) is 7.11 Å². The number of nitrogens with one attached hydrogen (secondary N) is 1. The highest BCUT2D eigenvalue weighted by Crippen LogP contribution is 2.14. The molecule has 1 atom stereocenters. The van der Waals surface area contributed by atoms with E-state index in [0.29, 0.717) is 13.0 Å². The molecule has 0 fully saturated rings. The van der Waals surface area contributed by atoms with Crippen molar-refractivity contribution in [3.8, 4) is 0 Å². The zero-order chi connectivity index (χ0) is 14.2. The van der Waals surface area contributed by atoms with Crippen molar-refractivity contribution in [1.82, 2.24) is 5.32 Å². The van der Waals surface area contributed by atoms with Crippen molar-refractivity contribution in [2.45, 2.75) is 32.5 Å². The third kappa shape index (κ3) is 8.30. The Morgan fingerprint density at radius 3 is 2.39 bits per heavy atom. The lowest BCUT2D eigenvalue weighted by Gasteiger charge is -2.19. The van der Waals surface area contributed by atoms with Crippen LogP contribution in [0.15, 0.2) is 0 Å². The third-order valence-electron chi connectivity index (χ3n) is 2.22. The summed E-state index contributed by atoms with van der Waals surface area (Å²) < 4.78 is 44.3. The highest BCUT2D eigenvalue weighted by Gasteiger charge is 2.27. The van der Waals surface area contributed by atoms with E-state index in [9.17, 15) is 18.0 Å². The maximum Gasteiger partial charge on any atom is 0.411 e. The van der Waals surface area contributed by atoms with Gasteiger partial charge in [-0.15, -0.1) is 0 Å². The number of carbonyl (C=O) groups is 1. The smallest absolute Gasteiger partial charge is 0.411 e. The molecule has 0 aromatic carbocycles. The Balaban J connectivity index is 3.72. The first-order chi connectivity index (χ1) is 8.28. The monoisotopic (exact) mass is 271 g/mol. The first-order valence-electron chi connectivity index (χ1n) is 5.73. The Labute approximate surface area is 105 Å². The lowest BCUT2D eigenvalue weighted by atomic mass is 10.0. The van der Waals surface area contributed by atoms with Gasteiger partial charge in [0.15, 0.2) is 0 Å². The van der Waals surface area contributed by atoms with Gasteiger partial charge in [-0.2, -0.15) is 13.2 Å². The van der Waals surface area contributed by atoms with Crippen molar-refractivity contribution in [3.63, 3.8) is 0 Å². The predicted octanol–water partition coefficient (Wildman–Crippen LogP) is 1.74. The molecule has 0 saturated heterocycles. The molecule has 0 aromatic heterocycles. The van der Waals surface area contributed by atoms with Crippen molar-refractivity contribution in [2.75, 3.05) is 26.9 Å². The fourth-order valence-electron chi connectivity index (χ4n) is 1.34. The minimum atomic E-state index is -4.29. The average Bonchev–Trinajstić information content (AvgIpc) is 2.25. The van der Waals surface area contributed by atoms with Gasteiger partial charge >= 0.3 is 12.1 Å². The molecule has 108 valence electrons. The van der Waals surface area contributed by atoms with E-state index < -0.39 is 18.8 Å². The molecule has 0 aliphatic rings. The van der Waals surface area contributed by atoms with E-state index >= 15 is 0 Å². The first kappa shape index (κ1) is 17.2. The number of methoxy groups -OCH3 is 1. The topological polar surface area (TPSA) is 47.6 Å². The number of halogens is 3. The Kier molecular flexibility index (Phi) is 7.93. The van der Waals surface area contributed by atoms with E-state index in [1.165, 1.54) is 7.11 Å². The van der Waals surface area contributed by atoms with Crippen molar-refractivity contribution in [2.24, 2.45) is 5.92 Å². The second-order valence-corrected chi connectivity index (χ2v) is 4.22. The number of esters is 1. The van der Waals surface area contributed by atoms with E-state index in [1.54, 1.807) is 0 Å². The Morgan fingerprint density at radius 2 is 1.94 bits per heavy atom. The summed E-state index contributed by atoms with van der Waals surface area (Å²) in [4.78, 5) is 11.3. The fourth-order valence-corrected chi connectivity index (χ4v) is 1.34. The molecule has 1 unspecified atom stereocenters. The molecule has 0 heterocycles. The normalized spacial score (nSPS) is 13.7. The summed E-state index contributed by atoms with van der Waals surface area (Å²) in [6.45, 7) is 2.87. The molecule has 7 heteroatoms. The van der Waals surface area contributed by atoms with E-state index in [2.05, 4.69) is 14.8 Å². The van der Waals surface area contributed by atoms with Crippen molar-refractivity contribution in [1.29, 1.82) is 0 Å². The van der Waals surface area contributed by atoms with Gasteiger partial charge in [0.25, 0.3) is 0 Å². The number of ether oxygens (including phenoxy) is 2. The van der Waals surface area contributed by atoms with Crippen LogP contribution in [0.5, 0.6) is 0 Å². The molecule has 0 amide bonds. The SMILES string of the molecule is COC(=O)C(NCCCOCC(F)(F)F)C(C)C. The van der Waals surface area contributed by atoms with Gasteiger partial charge in [-0.05, 0) is 18.9 Å². The van der Waals surface area contributed by atoms with Crippen molar-refractivity contribution >= 4 is 5.97 Å². The van der Waals surface area contributed by atoms with E-state index in [-0.39, 0.29) is 18.5 Å².